The first-order valence-electron chi connectivity index (χ1n) is 26.3. The molecule has 2 aliphatic rings. The summed E-state index contributed by atoms with van der Waals surface area (Å²) in [6.45, 7) is 3.76. The van der Waals surface area contributed by atoms with Crippen molar-refractivity contribution in [3.8, 4) is 22.5 Å². The lowest BCUT2D eigenvalue weighted by Gasteiger charge is -2.32. The molecule has 18 heteroatoms. The van der Waals surface area contributed by atoms with E-state index in [4.69, 9.17) is 61.7 Å². The number of hydrogen-bond donors (Lipinski definition) is 3. The molecule has 2 aliphatic heterocycles. The molecule has 0 aliphatic carbocycles. The van der Waals surface area contributed by atoms with Crippen molar-refractivity contribution < 1.29 is 29.1 Å². The van der Waals surface area contributed by atoms with Crippen LogP contribution in [-0.2, 0) is 17.9 Å². The number of piperidine rings is 2. The average Bonchev–Trinajstić information content (AvgIpc) is 4.12. The first-order valence-corrected chi connectivity index (χ1v) is 27.9. The Bertz CT molecular complexity index is 3440. The fraction of sp³-hybridized carbons (Fsp3) is 0.242. The van der Waals surface area contributed by atoms with Crippen LogP contribution in [0.15, 0.2) is 158 Å². The van der Waals surface area contributed by atoms with Crippen molar-refractivity contribution in [2.24, 2.45) is 0 Å². The van der Waals surface area contributed by atoms with E-state index in [2.05, 4.69) is 22.8 Å². The summed E-state index contributed by atoms with van der Waals surface area (Å²) in [7, 11) is 1.62. The predicted octanol–water partition coefficient (Wildman–Crippen LogP) is 12.4. The van der Waals surface area contributed by atoms with Gasteiger partial charge in [-0.15, -0.1) is 0 Å². The number of hydrogen-bond acceptors (Lipinski definition) is 7. The molecule has 80 heavy (non-hydrogen) atoms. The molecule has 14 nitrogen and oxygen atoms in total. The van der Waals surface area contributed by atoms with Gasteiger partial charge in [0.1, 0.15) is 0 Å². The molecule has 4 amide bonds. The van der Waals surface area contributed by atoms with Gasteiger partial charge in [-0.2, -0.15) is 10.2 Å². The molecule has 0 bridgehead atoms. The topological polar surface area (TPSA) is 172 Å². The second-order valence-electron chi connectivity index (χ2n) is 19.8. The molecule has 0 unspecified atom stereocenters. The normalized spacial score (nSPS) is 13.8. The Morgan fingerprint density at radius 3 is 1.24 bits per heavy atom. The SMILES string of the molecule is CNC(=O)c1ccc(Cn2nc(-c3cc(Cl)cc(Cl)c3)cc2C2CCN(C(=O)c3ccccc3)CC2)cc1.O=C(O)CCNC(=O)c1ccc(Cn2nc(-c3cc(Cl)cc(Cl)c3)cc2C2CCN(C(=O)c3ccccc3)CC2)cc1. The molecular formula is C62H58Cl4N8O6. The van der Waals surface area contributed by atoms with Gasteiger partial charge in [0.15, 0.2) is 0 Å². The minimum atomic E-state index is -0.964. The van der Waals surface area contributed by atoms with Gasteiger partial charge in [-0.05, 0) is 134 Å². The Balaban J connectivity index is 0.000000195. The number of nitrogens with zero attached hydrogens (tertiary/aromatic N) is 6. The Morgan fingerprint density at radius 2 is 0.875 bits per heavy atom. The largest absolute Gasteiger partial charge is 0.481 e. The molecule has 0 saturated carbocycles. The van der Waals surface area contributed by atoms with Crippen LogP contribution in [0.3, 0.4) is 0 Å². The zero-order valence-electron chi connectivity index (χ0n) is 43.8. The van der Waals surface area contributed by atoms with Crippen molar-refractivity contribution in [1.29, 1.82) is 0 Å². The van der Waals surface area contributed by atoms with E-state index in [0.29, 0.717) is 76.0 Å². The van der Waals surface area contributed by atoms with Crippen LogP contribution >= 0.6 is 46.4 Å². The van der Waals surface area contributed by atoms with E-state index in [0.717, 1.165) is 76.3 Å². The third-order valence-electron chi connectivity index (χ3n) is 14.3. The average molecular weight is 1150 g/mol. The Labute approximate surface area is 484 Å². The second-order valence-corrected chi connectivity index (χ2v) is 21.5. The van der Waals surface area contributed by atoms with Crippen molar-refractivity contribution in [1.82, 2.24) is 40.0 Å². The highest BCUT2D eigenvalue weighted by molar-refractivity contribution is 6.35. The zero-order chi connectivity index (χ0) is 56.3. The molecule has 0 atom stereocenters. The molecule has 2 aromatic heterocycles. The summed E-state index contributed by atoms with van der Waals surface area (Å²) < 4.78 is 4.00. The number of nitrogens with one attached hydrogen (secondary N) is 2. The van der Waals surface area contributed by atoms with Crippen molar-refractivity contribution in [2.75, 3.05) is 39.8 Å². The zero-order valence-corrected chi connectivity index (χ0v) is 46.9. The molecule has 4 heterocycles. The number of amides is 4. The first kappa shape index (κ1) is 57.0. The van der Waals surface area contributed by atoms with Gasteiger partial charge in [-0.1, -0.05) is 107 Å². The number of halogens is 4. The van der Waals surface area contributed by atoms with E-state index in [1.165, 1.54) is 0 Å². The van der Waals surface area contributed by atoms with Crippen LogP contribution in [-0.4, -0.2) is 104 Å². The van der Waals surface area contributed by atoms with E-state index in [-0.39, 0.29) is 48.4 Å². The quantitative estimate of drug-likeness (QED) is 0.0910. The van der Waals surface area contributed by atoms with Crippen molar-refractivity contribution in [3.63, 3.8) is 0 Å². The monoisotopic (exact) mass is 1150 g/mol. The summed E-state index contributed by atoms with van der Waals surface area (Å²) in [4.78, 5) is 64.8. The smallest absolute Gasteiger partial charge is 0.305 e. The number of likely N-dealkylation sites (tertiary alicyclic amines) is 2. The fourth-order valence-electron chi connectivity index (χ4n) is 10.1. The van der Waals surface area contributed by atoms with Crippen LogP contribution in [0.1, 0.15) is 108 Å². The summed E-state index contributed by atoms with van der Waals surface area (Å²) in [5.74, 6) is -0.843. The molecule has 0 radical (unpaired) electrons. The Kier molecular flexibility index (Phi) is 18.8. The minimum absolute atomic E-state index is 0.0453. The summed E-state index contributed by atoms with van der Waals surface area (Å²) in [6, 6.07) is 48.5. The van der Waals surface area contributed by atoms with Crippen molar-refractivity contribution >= 4 is 76.0 Å². The molecule has 3 N–H and O–H groups in total. The number of rotatable bonds is 15. The highest BCUT2D eigenvalue weighted by atomic mass is 35.5. The summed E-state index contributed by atoms with van der Waals surface area (Å²) in [6.07, 6.45) is 3.15. The Hall–Kier alpha value is -7.75. The van der Waals surface area contributed by atoms with E-state index in [9.17, 15) is 24.0 Å². The number of benzene rings is 6. The van der Waals surface area contributed by atoms with E-state index >= 15 is 0 Å². The number of carbonyl (C=O) groups is 5. The fourth-order valence-corrected chi connectivity index (χ4v) is 11.2. The Morgan fingerprint density at radius 1 is 0.500 bits per heavy atom. The van der Waals surface area contributed by atoms with Gasteiger partial charge in [-0.25, -0.2) is 0 Å². The summed E-state index contributed by atoms with van der Waals surface area (Å²) in [5.41, 5.74) is 9.87. The van der Waals surface area contributed by atoms with Gasteiger partial charge >= 0.3 is 5.97 Å². The van der Waals surface area contributed by atoms with E-state index in [1.54, 1.807) is 31.3 Å². The van der Waals surface area contributed by atoms with Crippen LogP contribution < -0.4 is 10.6 Å². The van der Waals surface area contributed by atoms with Gasteiger partial charge in [0.25, 0.3) is 23.6 Å². The van der Waals surface area contributed by atoms with Gasteiger partial charge in [0.05, 0.1) is 30.9 Å². The molecule has 2 fully saturated rings. The van der Waals surface area contributed by atoms with E-state index in [1.807, 2.05) is 140 Å². The molecule has 8 aromatic rings. The van der Waals surface area contributed by atoms with Gasteiger partial charge in [0.2, 0.25) is 0 Å². The lowest BCUT2D eigenvalue weighted by molar-refractivity contribution is -0.136. The number of carboxylic acids is 1. The second kappa shape index (κ2) is 26.5. The maximum Gasteiger partial charge on any atom is 0.305 e. The number of carbonyl (C=O) groups excluding carboxylic acids is 4. The molecule has 6 aromatic carbocycles. The van der Waals surface area contributed by atoms with Gasteiger partial charge < -0.3 is 25.5 Å². The van der Waals surface area contributed by atoms with Crippen LogP contribution in [0.4, 0.5) is 0 Å². The molecule has 10 rings (SSSR count). The lowest BCUT2D eigenvalue weighted by Crippen LogP contribution is -2.38. The summed E-state index contributed by atoms with van der Waals surface area (Å²) >= 11 is 25.2. The highest BCUT2D eigenvalue weighted by Crippen LogP contribution is 2.36. The minimum Gasteiger partial charge on any atom is -0.481 e. The van der Waals surface area contributed by atoms with Crippen molar-refractivity contribution in [3.05, 3.63) is 223 Å². The third kappa shape index (κ3) is 14.5. The van der Waals surface area contributed by atoms with Crippen LogP contribution in [0.5, 0.6) is 0 Å². The molecular weight excluding hydrogens is 1090 g/mol. The van der Waals surface area contributed by atoms with Crippen molar-refractivity contribution in [2.45, 2.75) is 57.0 Å². The number of aromatic nitrogens is 4. The molecule has 0 spiro atoms. The first-order chi connectivity index (χ1) is 38.7. The van der Waals surface area contributed by atoms with E-state index < -0.39 is 5.97 Å². The third-order valence-corrected chi connectivity index (χ3v) is 15.2. The number of aliphatic carboxylic acids is 1. The maximum atomic E-state index is 13.0. The van der Waals surface area contributed by atoms with Gasteiger partial charge in [0, 0.05) is 116 Å². The van der Waals surface area contributed by atoms with Crippen LogP contribution in [0, 0.1) is 0 Å². The molecule has 410 valence electrons. The highest BCUT2D eigenvalue weighted by Gasteiger charge is 2.30. The standard InChI is InChI=1S/C32H30Cl2N4O4.C30H28Cl2N4O2/c33-26-16-25(17-27(34)18-26)28-19-29(22-11-14-37(15-12-22)32(42)24-4-2-1-3-5-24)38(36-28)20-21-6-8-23(9-7-21)31(41)35-13-10-30(39)40;1-33-29(37)22-9-7-20(8-10-22)19-36-28(18-27(34-36)24-15-25(31)17-26(32)16-24)21-11-13-35(14-12-21)30(38)23-5-3-2-4-6-23/h1-9,16-19,22H,10-15,20H2,(H,35,41)(H,39,40);2-10,15-18,21H,11-14,19H2,1H3,(H,33,37). The maximum absolute atomic E-state index is 13.0. The summed E-state index contributed by atoms with van der Waals surface area (Å²) in [5, 5.41) is 26.1. The lowest BCUT2D eigenvalue weighted by atomic mass is 9.92. The molecule has 2 saturated heterocycles. The predicted molar refractivity (Wildman–Crippen MR) is 313 cm³/mol. The van der Waals surface area contributed by atoms with Crippen LogP contribution in [0.2, 0.25) is 20.1 Å². The number of carboxylic acid groups (broad SMARTS) is 1. The van der Waals surface area contributed by atoms with Crippen LogP contribution in [0.25, 0.3) is 22.5 Å². The van der Waals surface area contributed by atoms with Gasteiger partial charge in [-0.3, -0.25) is 33.3 Å².